The molecule has 0 aromatic heterocycles. The van der Waals surface area contributed by atoms with E-state index in [0.29, 0.717) is 11.5 Å². The minimum absolute atomic E-state index is 0.401. The second-order valence-corrected chi connectivity index (χ2v) is 7.01. The first-order valence-corrected chi connectivity index (χ1v) is 9.02. The number of nitrogens with one attached hydrogen (secondary N) is 1. The Labute approximate surface area is 131 Å². The van der Waals surface area contributed by atoms with Crippen LogP contribution in [-0.2, 0) is 5.41 Å². The molecule has 1 N–H and O–H groups in total. The zero-order valence-electron chi connectivity index (χ0n) is 14.2. The number of rotatable bonds is 9. The van der Waals surface area contributed by atoms with Gasteiger partial charge in [0.2, 0.25) is 0 Å². The summed E-state index contributed by atoms with van der Waals surface area (Å²) in [5.74, 6) is 0.825. The molecule has 2 atom stereocenters. The molecule has 0 saturated heterocycles. The molecule has 21 heavy (non-hydrogen) atoms. The second kappa shape index (κ2) is 7.98. The van der Waals surface area contributed by atoms with E-state index in [-0.39, 0.29) is 0 Å². The monoisotopic (exact) mass is 287 g/mol. The maximum atomic E-state index is 3.90. The third-order valence-electron chi connectivity index (χ3n) is 5.32. The van der Waals surface area contributed by atoms with E-state index in [2.05, 4.69) is 56.4 Å². The van der Waals surface area contributed by atoms with E-state index in [9.17, 15) is 0 Å². The van der Waals surface area contributed by atoms with Crippen molar-refractivity contribution in [3.63, 3.8) is 0 Å². The van der Waals surface area contributed by atoms with E-state index in [0.717, 1.165) is 12.5 Å². The van der Waals surface area contributed by atoms with E-state index in [1.165, 1.54) is 44.9 Å². The van der Waals surface area contributed by atoms with Gasteiger partial charge in [-0.2, -0.15) is 0 Å². The van der Waals surface area contributed by atoms with E-state index in [1.54, 1.807) is 5.56 Å². The molecule has 2 unspecified atom stereocenters. The van der Waals surface area contributed by atoms with Crippen molar-refractivity contribution >= 4 is 0 Å². The van der Waals surface area contributed by atoms with Crippen molar-refractivity contribution in [1.82, 2.24) is 5.32 Å². The van der Waals surface area contributed by atoms with Gasteiger partial charge in [0.15, 0.2) is 0 Å². The Hall–Kier alpha value is -0.820. The molecular formula is C20H33N. The summed E-state index contributed by atoms with van der Waals surface area (Å²) in [6.07, 6.45) is 9.32. The summed E-state index contributed by atoms with van der Waals surface area (Å²) in [6, 6.07) is 11.9. The van der Waals surface area contributed by atoms with E-state index >= 15 is 0 Å². The third kappa shape index (κ3) is 3.88. The molecule has 1 fully saturated rings. The fraction of sp³-hybridized carbons (Fsp3) is 0.700. The highest BCUT2D eigenvalue weighted by Crippen LogP contribution is 2.48. The van der Waals surface area contributed by atoms with Crippen molar-refractivity contribution in [2.24, 2.45) is 5.92 Å². The summed E-state index contributed by atoms with van der Waals surface area (Å²) >= 11 is 0. The highest BCUT2D eigenvalue weighted by atomic mass is 14.9. The Morgan fingerprint density at radius 1 is 1.10 bits per heavy atom. The molecule has 1 aliphatic carbocycles. The minimum atomic E-state index is 0.401. The quantitative estimate of drug-likeness (QED) is 0.649. The molecule has 0 amide bonds. The van der Waals surface area contributed by atoms with Crippen LogP contribution in [0.1, 0.15) is 71.3 Å². The molecule has 0 bridgehead atoms. The molecule has 0 aliphatic heterocycles. The molecule has 0 heterocycles. The van der Waals surface area contributed by atoms with Gasteiger partial charge in [0.1, 0.15) is 0 Å². The minimum Gasteiger partial charge on any atom is -0.313 e. The Bertz CT molecular complexity index is 394. The van der Waals surface area contributed by atoms with Gasteiger partial charge in [-0.1, -0.05) is 70.4 Å². The fourth-order valence-electron chi connectivity index (χ4n) is 4.00. The maximum absolute atomic E-state index is 3.90. The first-order chi connectivity index (χ1) is 10.2. The van der Waals surface area contributed by atoms with Crippen LogP contribution in [0, 0.1) is 5.92 Å². The highest BCUT2D eigenvalue weighted by Gasteiger charge is 2.45. The van der Waals surface area contributed by atoms with Crippen LogP contribution in [0.3, 0.4) is 0 Å². The first-order valence-electron chi connectivity index (χ1n) is 9.02. The SMILES string of the molecule is CCCNC(CC(C)CCC)C1(c2ccccc2)CCC1. The summed E-state index contributed by atoms with van der Waals surface area (Å²) in [4.78, 5) is 0. The molecule has 1 aromatic rings. The molecule has 118 valence electrons. The summed E-state index contributed by atoms with van der Waals surface area (Å²) in [6.45, 7) is 8.16. The lowest BCUT2D eigenvalue weighted by molar-refractivity contribution is 0.147. The Balaban J connectivity index is 2.16. The molecule has 0 spiro atoms. The number of hydrogen-bond acceptors (Lipinski definition) is 1. The first kappa shape index (κ1) is 16.5. The summed E-state index contributed by atoms with van der Waals surface area (Å²) in [5, 5.41) is 3.90. The molecule has 1 aromatic carbocycles. The normalized spacial score (nSPS) is 19.8. The van der Waals surface area contributed by atoms with E-state index < -0.39 is 0 Å². The van der Waals surface area contributed by atoms with E-state index in [4.69, 9.17) is 0 Å². The predicted molar refractivity (Wildman–Crippen MR) is 92.7 cm³/mol. The topological polar surface area (TPSA) is 12.0 Å². The van der Waals surface area contributed by atoms with Crippen LogP contribution in [0.2, 0.25) is 0 Å². The second-order valence-electron chi connectivity index (χ2n) is 7.01. The molecule has 1 nitrogen and oxygen atoms in total. The lowest BCUT2D eigenvalue weighted by Crippen LogP contribution is -2.53. The van der Waals surface area contributed by atoms with Crippen LogP contribution < -0.4 is 5.32 Å². The number of hydrogen-bond donors (Lipinski definition) is 1. The van der Waals surface area contributed by atoms with Crippen molar-refractivity contribution in [3.05, 3.63) is 35.9 Å². The lowest BCUT2D eigenvalue weighted by Gasteiger charge is -2.49. The van der Waals surface area contributed by atoms with Crippen molar-refractivity contribution in [2.45, 2.75) is 77.2 Å². The zero-order valence-corrected chi connectivity index (χ0v) is 14.2. The van der Waals surface area contributed by atoms with Gasteiger partial charge in [0.05, 0.1) is 0 Å². The molecular weight excluding hydrogens is 254 g/mol. The van der Waals surface area contributed by atoms with Crippen molar-refractivity contribution in [2.75, 3.05) is 6.54 Å². The van der Waals surface area contributed by atoms with Crippen LogP contribution in [0.15, 0.2) is 30.3 Å². The van der Waals surface area contributed by atoms with Crippen LogP contribution in [0.25, 0.3) is 0 Å². The van der Waals surface area contributed by atoms with Crippen LogP contribution in [0.4, 0.5) is 0 Å². The molecule has 0 radical (unpaired) electrons. The Kier molecular flexibility index (Phi) is 6.29. The molecule has 1 saturated carbocycles. The average molecular weight is 287 g/mol. The van der Waals surface area contributed by atoms with Crippen LogP contribution in [0.5, 0.6) is 0 Å². The van der Waals surface area contributed by atoms with E-state index in [1.807, 2.05) is 0 Å². The number of benzene rings is 1. The summed E-state index contributed by atoms with van der Waals surface area (Å²) in [7, 11) is 0. The van der Waals surface area contributed by atoms with Crippen LogP contribution >= 0.6 is 0 Å². The van der Waals surface area contributed by atoms with Gasteiger partial charge in [0.25, 0.3) is 0 Å². The summed E-state index contributed by atoms with van der Waals surface area (Å²) in [5.41, 5.74) is 1.96. The third-order valence-corrected chi connectivity index (χ3v) is 5.32. The Morgan fingerprint density at radius 3 is 2.33 bits per heavy atom. The summed E-state index contributed by atoms with van der Waals surface area (Å²) < 4.78 is 0. The fourth-order valence-corrected chi connectivity index (χ4v) is 4.00. The van der Waals surface area contributed by atoms with Gasteiger partial charge in [-0.25, -0.2) is 0 Å². The van der Waals surface area contributed by atoms with Gasteiger partial charge in [-0.3, -0.25) is 0 Å². The van der Waals surface area contributed by atoms with Gasteiger partial charge < -0.3 is 5.32 Å². The highest BCUT2D eigenvalue weighted by molar-refractivity contribution is 5.30. The largest absolute Gasteiger partial charge is 0.313 e. The molecule has 1 heteroatoms. The predicted octanol–water partition coefficient (Wildman–Crippen LogP) is 5.30. The standard InChI is InChI=1S/C20H33N/c1-4-10-17(3)16-19(21-15-5-2)20(13-9-14-20)18-11-7-6-8-12-18/h6-8,11-12,17,19,21H,4-5,9-10,13-16H2,1-3H3. The van der Waals surface area contributed by atoms with Gasteiger partial charge in [-0.05, 0) is 43.7 Å². The van der Waals surface area contributed by atoms with Gasteiger partial charge in [-0.15, -0.1) is 0 Å². The van der Waals surface area contributed by atoms with Crippen molar-refractivity contribution < 1.29 is 0 Å². The maximum Gasteiger partial charge on any atom is 0.0166 e. The van der Waals surface area contributed by atoms with Crippen molar-refractivity contribution in [1.29, 1.82) is 0 Å². The zero-order chi connectivity index (χ0) is 15.1. The van der Waals surface area contributed by atoms with Crippen molar-refractivity contribution in [3.8, 4) is 0 Å². The van der Waals surface area contributed by atoms with Gasteiger partial charge >= 0.3 is 0 Å². The van der Waals surface area contributed by atoms with Crippen LogP contribution in [-0.4, -0.2) is 12.6 Å². The lowest BCUT2D eigenvalue weighted by atomic mass is 9.58. The smallest absolute Gasteiger partial charge is 0.0166 e. The molecule has 1 aliphatic rings. The van der Waals surface area contributed by atoms with Gasteiger partial charge in [0, 0.05) is 11.5 Å². The Morgan fingerprint density at radius 2 is 1.81 bits per heavy atom. The molecule has 2 rings (SSSR count). The average Bonchev–Trinajstić information content (AvgIpc) is 2.45.